The third kappa shape index (κ3) is 6.37. The quantitative estimate of drug-likeness (QED) is 0.0973. The van der Waals surface area contributed by atoms with Crippen molar-refractivity contribution in [1.82, 2.24) is 4.48 Å². The Labute approximate surface area is 253 Å². The minimum atomic E-state index is -8.68. The summed E-state index contributed by atoms with van der Waals surface area (Å²) in [5.41, 5.74) is -3.00. The van der Waals surface area contributed by atoms with E-state index in [1.54, 1.807) is 0 Å². The molecule has 44 heavy (non-hydrogen) atoms. The van der Waals surface area contributed by atoms with E-state index in [9.17, 15) is 79.9 Å². The van der Waals surface area contributed by atoms with E-state index in [0.717, 1.165) is 14.1 Å². The summed E-state index contributed by atoms with van der Waals surface area (Å²) in [6.45, 7) is 1.30. The van der Waals surface area contributed by atoms with E-state index in [4.69, 9.17) is 0 Å². The van der Waals surface area contributed by atoms with Crippen molar-refractivity contribution in [2.24, 2.45) is 0 Å². The smallest absolute Gasteiger partial charge is 0.295 e. The molecule has 4 nitrogen and oxygen atoms in total. The van der Waals surface area contributed by atoms with Gasteiger partial charge >= 0.3 is 47.6 Å². The number of hydrogen-bond donors (Lipinski definition) is 0. The molecule has 0 aliphatic carbocycles. The van der Waals surface area contributed by atoms with Crippen LogP contribution >= 0.6 is 24.0 Å². The fraction of sp³-hybridized carbons (Fsp3) is 0.591. The van der Waals surface area contributed by atoms with E-state index in [0.29, 0.717) is 19.2 Å². The molecule has 0 unspecified atom stereocenters. The number of halogens is 18. The first-order valence-electron chi connectivity index (χ1n) is 11.1. The van der Waals surface area contributed by atoms with Crippen molar-refractivity contribution in [3.05, 3.63) is 40.1 Å². The highest BCUT2D eigenvalue weighted by Gasteiger charge is 2.93. The van der Waals surface area contributed by atoms with Gasteiger partial charge in [-0.05, 0) is 18.6 Å². The van der Waals surface area contributed by atoms with E-state index in [1.807, 2.05) is 0 Å². The average Bonchev–Trinajstić information content (AvgIpc) is 2.85. The Bertz CT molecular complexity index is 1290. The Morgan fingerprint density at radius 1 is 0.750 bits per heavy atom. The zero-order valence-corrected chi connectivity index (χ0v) is 24.5. The normalized spacial score (nSPS) is 15.0. The Morgan fingerprint density at radius 2 is 1.16 bits per heavy atom. The fourth-order valence-corrected chi connectivity index (χ4v) is 3.57. The minimum absolute atomic E-state index is 0. The zero-order chi connectivity index (χ0) is 34.6. The van der Waals surface area contributed by atoms with Crippen LogP contribution in [0.3, 0.4) is 0 Å². The standard InChI is InChI=1S/C22H19F17N2O2.HI/c1-5-8-41(3,4)12-9-10(15(42)40(2)43)6-7-11(12)13(23)14(24)16(25,26)17(27,28)18(29,30)19(31,32)20(33,34)21(35,36)22(37,38)39;/h6-7,9H,5,8H2,1-4H3;1H/q+2;. The molecule has 0 aromatic heterocycles. The van der Waals surface area contributed by atoms with E-state index in [-0.39, 0.29) is 47.8 Å². The molecule has 0 aliphatic heterocycles. The third-order valence-electron chi connectivity index (χ3n) is 6.00. The number of nitroso groups, excluding NO2 is 1. The van der Waals surface area contributed by atoms with Crippen LogP contribution in [0.1, 0.15) is 29.3 Å². The molecule has 22 heteroatoms. The lowest BCUT2D eigenvalue weighted by Gasteiger charge is -2.41. The van der Waals surface area contributed by atoms with Gasteiger partial charge in [0.2, 0.25) is 5.83 Å². The van der Waals surface area contributed by atoms with Crippen LogP contribution in [-0.4, -0.2) is 80.1 Å². The monoisotopic (exact) mass is 794 g/mol. The second kappa shape index (κ2) is 12.5. The molecule has 0 spiro atoms. The van der Waals surface area contributed by atoms with Gasteiger partial charge in [0.05, 0.1) is 31.0 Å². The summed E-state index contributed by atoms with van der Waals surface area (Å²) in [6, 6.07) is 1.16. The molecule has 1 aromatic carbocycles. The Morgan fingerprint density at radius 3 is 1.55 bits per heavy atom. The molecule has 1 amide bonds. The van der Waals surface area contributed by atoms with Crippen LogP contribution in [0.25, 0.3) is 5.83 Å². The predicted molar refractivity (Wildman–Crippen MR) is 129 cm³/mol. The number of quaternary nitrogens is 1. The van der Waals surface area contributed by atoms with Crippen LogP contribution in [0, 0.1) is 4.91 Å². The first-order valence-corrected chi connectivity index (χ1v) is 11.1. The van der Waals surface area contributed by atoms with E-state index >= 15 is 4.39 Å². The Hall–Kier alpha value is -2.27. The highest BCUT2D eigenvalue weighted by Crippen LogP contribution is 2.63. The molecule has 0 bridgehead atoms. The van der Waals surface area contributed by atoms with Gasteiger partial charge in [-0.1, -0.05) is 6.92 Å². The lowest BCUT2D eigenvalue weighted by molar-refractivity contribution is -0.450. The third-order valence-corrected chi connectivity index (χ3v) is 6.00. The molecular formula is C22H20F17IN2O2+2. The summed E-state index contributed by atoms with van der Waals surface area (Å²) < 4.78 is 230. The summed E-state index contributed by atoms with van der Waals surface area (Å²) in [6.07, 6.45) is -7.69. The van der Waals surface area contributed by atoms with Crippen molar-refractivity contribution >= 4 is 41.4 Å². The van der Waals surface area contributed by atoms with E-state index < -0.39 is 80.6 Å². The van der Waals surface area contributed by atoms with Crippen LogP contribution in [-0.2, 0) is 0 Å². The van der Waals surface area contributed by atoms with Gasteiger partial charge in [-0.15, -0.1) is 24.0 Å². The highest BCUT2D eigenvalue weighted by atomic mass is 127. The molecule has 0 heterocycles. The summed E-state index contributed by atoms with van der Waals surface area (Å²) >= 11 is 0. The van der Waals surface area contributed by atoms with Crippen molar-refractivity contribution < 1.29 is 84.2 Å². The maximum absolute atomic E-state index is 15.0. The van der Waals surface area contributed by atoms with Gasteiger partial charge in [0, 0.05) is 11.0 Å². The maximum Gasteiger partial charge on any atom is 0.464 e. The number of nitrogens with zero attached hydrogens (tertiary/aromatic N) is 2. The SMILES string of the molecule is CCC[N+](C)(C)c1cc(C(=O)[N+](C)=O)ccc1C(F)=C(F)C(F)(F)C(F)(F)C(F)(F)C(F)(F)C(F)(F)C(F)(F)C(F)(F)F.I. The molecule has 254 valence electrons. The van der Waals surface area contributed by atoms with Crippen LogP contribution < -0.4 is 4.48 Å². The van der Waals surface area contributed by atoms with E-state index in [2.05, 4.69) is 0 Å². The summed E-state index contributed by atoms with van der Waals surface area (Å²) in [4.78, 5) is 23.3. The molecule has 0 aliphatic rings. The maximum atomic E-state index is 15.0. The number of hydrogen-bond acceptors (Lipinski definition) is 2. The zero-order valence-electron chi connectivity index (χ0n) is 22.2. The topological polar surface area (TPSA) is 37.1 Å². The molecule has 0 atom stereocenters. The molecule has 0 radical (unpaired) electrons. The number of carbonyl (C=O) groups excluding carboxylic acids is 1. The van der Waals surface area contributed by atoms with Gasteiger partial charge in [0.25, 0.3) is 0 Å². The number of amides is 1. The summed E-state index contributed by atoms with van der Waals surface area (Å²) in [7, 11) is 2.87. The van der Waals surface area contributed by atoms with Gasteiger partial charge in [-0.3, -0.25) is 4.48 Å². The Kier molecular flexibility index (Phi) is 11.9. The lowest BCUT2D eigenvalue weighted by Crippen LogP contribution is -2.72. The van der Waals surface area contributed by atoms with Gasteiger partial charge < -0.3 is 0 Å². The second-order valence-electron chi connectivity index (χ2n) is 9.52. The van der Waals surface area contributed by atoms with Crippen molar-refractivity contribution in [3.8, 4) is 0 Å². The largest absolute Gasteiger partial charge is 0.464 e. The van der Waals surface area contributed by atoms with Crippen molar-refractivity contribution in [2.45, 2.75) is 55.1 Å². The van der Waals surface area contributed by atoms with Gasteiger partial charge in [-0.2, -0.15) is 65.9 Å². The first-order chi connectivity index (χ1) is 18.8. The second-order valence-corrected chi connectivity index (χ2v) is 9.52. The highest BCUT2D eigenvalue weighted by molar-refractivity contribution is 14.0. The van der Waals surface area contributed by atoms with Crippen LogP contribution in [0.15, 0.2) is 24.0 Å². The van der Waals surface area contributed by atoms with Gasteiger partial charge in [-0.25, -0.2) is 13.6 Å². The van der Waals surface area contributed by atoms with Gasteiger partial charge in [0.15, 0.2) is 12.9 Å². The number of rotatable bonds is 11. The van der Waals surface area contributed by atoms with Crippen molar-refractivity contribution in [3.63, 3.8) is 0 Å². The van der Waals surface area contributed by atoms with Crippen LogP contribution in [0.4, 0.5) is 80.3 Å². The van der Waals surface area contributed by atoms with Crippen LogP contribution in [0.2, 0.25) is 0 Å². The Balaban J connectivity index is 0.0000185. The molecule has 0 saturated carbocycles. The fourth-order valence-electron chi connectivity index (χ4n) is 3.57. The first kappa shape index (κ1) is 41.7. The summed E-state index contributed by atoms with van der Waals surface area (Å²) in [5.74, 6) is -59.0. The number of benzene rings is 1. The molecule has 0 fully saturated rings. The number of carbonyl (C=O) groups is 1. The van der Waals surface area contributed by atoms with Crippen molar-refractivity contribution in [2.75, 3.05) is 27.7 Å². The molecular weight excluding hydrogens is 774 g/mol. The van der Waals surface area contributed by atoms with Gasteiger partial charge in [0.1, 0.15) is 11.3 Å². The minimum Gasteiger partial charge on any atom is -0.295 e. The average molecular weight is 794 g/mol. The molecule has 0 N–H and O–H groups in total. The van der Waals surface area contributed by atoms with Crippen molar-refractivity contribution in [1.29, 1.82) is 0 Å². The lowest BCUT2D eigenvalue weighted by atomic mass is 9.90. The number of allylic oxidation sites excluding steroid dienone is 1. The molecule has 0 saturated heterocycles. The molecule has 1 rings (SSSR count). The summed E-state index contributed by atoms with van der Waals surface area (Å²) in [5, 5.41) is 0. The van der Waals surface area contributed by atoms with E-state index in [1.165, 1.54) is 6.92 Å². The molecule has 1 aromatic rings. The van der Waals surface area contributed by atoms with Crippen LogP contribution in [0.5, 0.6) is 0 Å². The number of alkyl halides is 15. The predicted octanol–water partition coefficient (Wildman–Crippen LogP) is 8.81.